The highest BCUT2D eigenvalue weighted by atomic mass is 16.3. The van der Waals surface area contributed by atoms with Crippen molar-refractivity contribution in [3.63, 3.8) is 0 Å². The molecule has 4 heteroatoms. The number of anilines is 1. The zero-order valence-corrected chi connectivity index (χ0v) is 18.1. The molecule has 1 saturated heterocycles. The maximum atomic E-state index is 12.6. The molecule has 2 heterocycles. The summed E-state index contributed by atoms with van der Waals surface area (Å²) in [4.78, 5) is 17.3. The number of hydrogen-bond acceptors (Lipinski definition) is 3. The molecular weight excluding hydrogens is 360 g/mol. The molecule has 0 spiro atoms. The monoisotopic (exact) mass is 394 g/mol. The van der Waals surface area contributed by atoms with E-state index in [9.17, 15) is 4.79 Å². The normalized spacial score (nSPS) is 29.6. The molecule has 6 rings (SSSR count). The van der Waals surface area contributed by atoms with Crippen LogP contribution in [0.15, 0.2) is 35.1 Å². The van der Waals surface area contributed by atoms with Gasteiger partial charge < -0.3 is 14.2 Å². The van der Waals surface area contributed by atoms with Crippen LogP contribution in [0, 0.1) is 23.2 Å². The molecule has 3 atom stereocenters. The van der Waals surface area contributed by atoms with E-state index >= 15 is 0 Å². The van der Waals surface area contributed by atoms with E-state index in [1.165, 1.54) is 25.8 Å². The molecule has 1 amide bonds. The topological polar surface area (TPSA) is 36.7 Å². The molecule has 2 bridgehead atoms. The SMILES string of the molecule is CC(=O)N(c1cccc2cocc12)C1CCN(CC2CCC3C[C@@H]2C3(C)C)CC1. The van der Waals surface area contributed by atoms with Crippen molar-refractivity contribution in [2.24, 2.45) is 23.2 Å². The molecule has 3 saturated carbocycles. The van der Waals surface area contributed by atoms with Gasteiger partial charge in [-0.05, 0) is 61.3 Å². The van der Waals surface area contributed by atoms with Gasteiger partial charge in [-0.25, -0.2) is 0 Å². The second-order valence-corrected chi connectivity index (χ2v) is 10.3. The zero-order valence-electron chi connectivity index (χ0n) is 18.1. The zero-order chi connectivity index (χ0) is 20.2. The van der Waals surface area contributed by atoms with Crippen LogP contribution in [0.25, 0.3) is 10.8 Å². The van der Waals surface area contributed by atoms with E-state index in [1.807, 2.05) is 17.0 Å². The van der Waals surface area contributed by atoms with Gasteiger partial charge in [-0.1, -0.05) is 26.0 Å². The predicted octanol–water partition coefficient (Wildman–Crippen LogP) is 5.32. The molecule has 1 aliphatic heterocycles. The molecule has 2 unspecified atom stereocenters. The first-order valence-electron chi connectivity index (χ1n) is 11.4. The van der Waals surface area contributed by atoms with Gasteiger partial charge in [-0.2, -0.15) is 0 Å². The Morgan fingerprint density at radius 2 is 1.97 bits per heavy atom. The van der Waals surface area contributed by atoms with Gasteiger partial charge in [0.2, 0.25) is 5.91 Å². The Labute approximate surface area is 174 Å². The van der Waals surface area contributed by atoms with Crippen LogP contribution in [0.1, 0.15) is 52.9 Å². The van der Waals surface area contributed by atoms with E-state index in [1.54, 1.807) is 19.5 Å². The number of likely N-dealkylation sites (tertiary alicyclic amines) is 1. The molecule has 156 valence electrons. The number of carbonyl (C=O) groups is 1. The van der Waals surface area contributed by atoms with Crippen LogP contribution < -0.4 is 4.90 Å². The predicted molar refractivity (Wildman–Crippen MR) is 117 cm³/mol. The van der Waals surface area contributed by atoms with Crippen LogP contribution in [0.2, 0.25) is 0 Å². The standard InChI is InChI=1S/C25H34N2O2/c1-17(28)27(24-6-4-5-19-15-29-16-22(19)24)21-9-11-26(12-10-21)14-18-7-8-20-13-23(18)25(20,2)3/h4-6,15-16,18,20-21,23H,7-14H2,1-3H3/t18?,20?,23-/m0/s1. The molecule has 1 aromatic carbocycles. The van der Waals surface area contributed by atoms with Crippen molar-refractivity contribution in [2.75, 3.05) is 24.5 Å². The van der Waals surface area contributed by atoms with Crippen LogP contribution in [0.5, 0.6) is 0 Å². The first kappa shape index (κ1) is 19.2. The Hall–Kier alpha value is -1.81. The summed E-state index contributed by atoms with van der Waals surface area (Å²) in [6, 6.07) is 6.40. The minimum Gasteiger partial charge on any atom is -0.471 e. The van der Waals surface area contributed by atoms with E-state index in [-0.39, 0.29) is 11.9 Å². The van der Waals surface area contributed by atoms with Crippen molar-refractivity contribution in [3.05, 3.63) is 30.7 Å². The first-order chi connectivity index (χ1) is 13.9. The van der Waals surface area contributed by atoms with Gasteiger partial charge in [0.15, 0.2) is 0 Å². The van der Waals surface area contributed by atoms with E-state index in [2.05, 4.69) is 24.8 Å². The molecule has 4 fully saturated rings. The summed E-state index contributed by atoms with van der Waals surface area (Å²) in [7, 11) is 0. The highest BCUT2D eigenvalue weighted by molar-refractivity contribution is 6.02. The van der Waals surface area contributed by atoms with Crippen molar-refractivity contribution in [1.82, 2.24) is 4.90 Å². The third kappa shape index (κ3) is 3.20. The number of amides is 1. The minimum atomic E-state index is 0.131. The third-order valence-electron chi connectivity index (χ3n) is 8.51. The van der Waals surface area contributed by atoms with Crippen molar-refractivity contribution in [2.45, 2.75) is 58.9 Å². The number of furan rings is 1. The first-order valence-corrected chi connectivity index (χ1v) is 11.4. The van der Waals surface area contributed by atoms with Gasteiger partial charge in [0, 0.05) is 43.4 Å². The van der Waals surface area contributed by atoms with Gasteiger partial charge in [0.25, 0.3) is 0 Å². The van der Waals surface area contributed by atoms with Gasteiger partial charge >= 0.3 is 0 Å². The molecule has 2 aromatic rings. The Morgan fingerprint density at radius 3 is 2.66 bits per heavy atom. The highest BCUT2D eigenvalue weighted by Crippen LogP contribution is 2.61. The average molecular weight is 395 g/mol. The van der Waals surface area contributed by atoms with Crippen LogP contribution >= 0.6 is 0 Å². The Kier molecular flexibility index (Phi) is 4.73. The van der Waals surface area contributed by atoms with Crippen LogP contribution in [-0.2, 0) is 4.79 Å². The fraction of sp³-hybridized carbons (Fsp3) is 0.640. The van der Waals surface area contributed by atoms with E-state index in [4.69, 9.17) is 4.42 Å². The lowest BCUT2D eigenvalue weighted by Crippen LogP contribution is -2.55. The fourth-order valence-corrected chi connectivity index (χ4v) is 6.68. The summed E-state index contributed by atoms with van der Waals surface area (Å²) in [6.07, 6.45) is 9.94. The lowest BCUT2D eigenvalue weighted by Gasteiger charge is -2.61. The molecular formula is C25H34N2O2. The second-order valence-electron chi connectivity index (χ2n) is 10.3. The largest absolute Gasteiger partial charge is 0.471 e. The summed E-state index contributed by atoms with van der Waals surface area (Å²) in [6.45, 7) is 10.1. The number of piperidine rings is 1. The third-order valence-corrected chi connectivity index (χ3v) is 8.51. The van der Waals surface area contributed by atoms with E-state index in [0.717, 1.165) is 60.1 Å². The van der Waals surface area contributed by atoms with Crippen LogP contribution in [0.4, 0.5) is 5.69 Å². The molecule has 0 radical (unpaired) electrons. The average Bonchev–Trinajstić information content (AvgIpc) is 3.19. The lowest BCUT2D eigenvalue weighted by atomic mass is 9.45. The number of hydrogen-bond donors (Lipinski definition) is 0. The number of nitrogens with zero attached hydrogens (tertiary/aromatic N) is 2. The highest BCUT2D eigenvalue weighted by Gasteiger charge is 2.54. The summed E-state index contributed by atoms with van der Waals surface area (Å²) < 4.78 is 5.41. The molecule has 4 nitrogen and oxygen atoms in total. The molecule has 4 aliphatic rings. The van der Waals surface area contributed by atoms with Crippen LogP contribution in [-0.4, -0.2) is 36.5 Å². The van der Waals surface area contributed by atoms with E-state index < -0.39 is 0 Å². The summed E-state index contributed by atoms with van der Waals surface area (Å²) in [5, 5.41) is 2.10. The summed E-state index contributed by atoms with van der Waals surface area (Å²) in [5.41, 5.74) is 1.56. The van der Waals surface area contributed by atoms with Gasteiger partial charge in [-0.15, -0.1) is 0 Å². The van der Waals surface area contributed by atoms with Gasteiger partial charge in [-0.3, -0.25) is 4.79 Å². The van der Waals surface area contributed by atoms with Crippen molar-refractivity contribution < 1.29 is 9.21 Å². The number of rotatable bonds is 4. The number of fused-ring (bicyclic) bond motifs is 3. The van der Waals surface area contributed by atoms with Gasteiger partial charge in [0.1, 0.15) is 6.26 Å². The number of benzene rings is 1. The van der Waals surface area contributed by atoms with Gasteiger partial charge in [0.05, 0.1) is 12.0 Å². The Morgan fingerprint density at radius 1 is 1.17 bits per heavy atom. The molecule has 1 aromatic heterocycles. The molecule has 0 N–H and O–H groups in total. The van der Waals surface area contributed by atoms with Crippen molar-refractivity contribution >= 4 is 22.4 Å². The lowest BCUT2D eigenvalue weighted by molar-refractivity contribution is -0.117. The molecule has 3 aliphatic carbocycles. The fourth-order valence-electron chi connectivity index (χ4n) is 6.68. The molecule has 29 heavy (non-hydrogen) atoms. The van der Waals surface area contributed by atoms with E-state index in [0.29, 0.717) is 5.41 Å². The number of carbonyl (C=O) groups excluding carboxylic acids is 1. The second kappa shape index (κ2) is 7.16. The summed E-state index contributed by atoms with van der Waals surface area (Å²) in [5.74, 6) is 2.90. The maximum Gasteiger partial charge on any atom is 0.224 e. The summed E-state index contributed by atoms with van der Waals surface area (Å²) >= 11 is 0. The van der Waals surface area contributed by atoms with Crippen LogP contribution in [0.3, 0.4) is 0 Å². The Balaban J connectivity index is 1.26. The smallest absolute Gasteiger partial charge is 0.224 e. The van der Waals surface area contributed by atoms with Crippen molar-refractivity contribution in [3.8, 4) is 0 Å². The van der Waals surface area contributed by atoms with Crippen molar-refractivity contribution in [1.29, 1.82) is 0 Å². The minimum absolute atomic E-state index is 0.131. The quantitative estimate of drug-likeness (QED) is 0.704. The Bertz CT molecular complexity index is 891. The maximum absolute atomic E-state index is 12.6.